The van der Waals surface area contributed by atoms with Crippen LogP contribution in [0.5, 0.6) is 0 Å². The highest BCUT2D eigenvalue weighted by atomic mass is 19.4. The summed E-state index contributed by atoms with van der Waals surface area (Å²) in [6, 6.07) is 14.4. The molecule has 0 aliphatic heterocycles. The molecule has 1 amide bonds. The maximum Gasteiger partial charge on any atom is 0.416 e. The zero-order valence-corrected chi connectivity index (χ0v) is 16.3. The van der Waals surface area contributed by atoms with Crippen molar-refractivity contribution in [3.8, 4) is 0 Å². The van der Waals surface area contributed by atoms with Crippen molar-refractivity contribution in [2.75, 3.05) is 5.32 Å². The normalized spacial score (nSPS) is 11.1. The second-order valence-corrected chi connectivity index (χ2v) is 6.86. The fourth-order valence-corrected chi connectivity index (χ4v) is 3.11. The molecule has 3 aromatic carbocycles. The Hall–Kier alpha value is -4.14. The van der Waals surface area contributed by atoms with Gasteiger partial charge in [0.15, 0.2) is 0 Å². The summed E-state index contributed by atoms with van der Waals surface area (Å²) in [7, 11) is 0. The maximum atomic E-state index is 12.9. The maximum absolute atomic E-state index is 12.9. The summed E-state index contributed by atoms with van der Waals surface area (Å²) < 4.78 is 38.8. The number of carbonyl (C=O) groups excluding carboxylic acids is 1. The van der Waals surface area contributed by atoms with Crippen molar-refractivity contribution >= 4 is 23.5 Å². The van der Waals surface area contributed by atoms with Gasteiger partial charge in [0.2, 0.25) is 0 Å². The molecule has 0 aliphatic carbocycles. The van der Waals surface area contributed by atoms with E-state index < -0.39 is 29.6 Å². The molecule has 9 heteroatoms. The zero-order chi connectivity index (χ0) is 23.5. The quantitative estimate of drug-likeness (QED) is 0.501. The van der Waals surface area contributed by atoms with Crippen molar-refractivity contribution in [3.05, 3.63) is 100 Å². The van der Waals surface area contributed by atoms with Crippen LogP contribution in [0.15, 0.2) is 66.7 Å². The van der Waals surface area contributed by atoms with Gasteiger partial charge < -0.3 is 15.5 Å². The van der Waals surface area contributed by atoms with Gasteiger partial charge in [-0.05, 0) is 53.9 Å². The number of carboxylic acids is 2. The second kappa shape index (κ2) is 8.93. The minimum atomic E-state index is -4.59. The molecule has 32 heavy (non-hydrogen) atoms. The van der Waals surface area contributed by atoms with Crippen LogP contribution in [0.1, 0.15) is 47.8 Å². The van der Waals surface area contributed by atoms with Crippen molar-refractivity contribution < 1.29 is 37.8 Å². The lowest BCUT2D eigenvalue weighted by molar-refractivity contribution is -0.137. The van der Waals surface area contributed by atoms with Crippen molar-refractivity contribution in [2.45, 2.75) is 12.6 Å². The summed E-state index contributed by atoms with van der Waals surface area (Å²) in [6.45, 7) is 0. The van der Waals surface area contributed by atoms with Crippen LogP contribution >= 0.6 is 0 Å². The molecule has 0 saturated carbocycles. The number of aromatic carboxylic acids is 2. The summed E-state index contributed by atoms with van der Waals surface area (Å²) >= 11 is 0. The smallest absolute Gasteiger partial charge is 0.416 e. The Balaban J connectivity index is 1.87. The van der Waals surface area contributed by atoms with E-state index in [1.807, 2.05) is 0 Å². The Bertz CT molecular complexity index is 1200. The van der Waals surface area contributed by atoms with Gasteiger partial charge >= 0.3 is 18.1 Å². The number of anilines is 1. The van der Waals surface area contributed by atoms with Crippen molar-refractivity contribution in [3.63, 3.8) is 0 Å². The number of carbonyl (C=O) groups is 3. The van der Waals surface area contributed by atoms with Crippen LogP contribution in [-0.2, 0) is 12.6 Å². The lowest BCUT2D eigenvalue weighted by Gasteiger charge is -2.13. The zero-order valence-electron chi connectivity index (χ0n) is 16.3. The van der Waals surface area contributed by atoms with Crippen molar-refractivity contribution in [1.29, 1.82) is 0 Å². The third-order valence-corrected chi connectivity index (χ3v) is 4.66. The molecule has 0 bridgehead atoms. The first kappa shape index (κ1) is 22.5. The molecule has 6 nitrogen and oxygen atoms in total. The Morgan fingerprint density at radius 1 is 0.812 bits per heavy atom. The summed E-state index contributed by atoms with van der Waals surface area (Å²) in [6.07, 6.45) is -4.43. The molecule has 0 spiro atoms. The monoisotopic (exact) mass is 443 g/mol. The Labute approximate surface area is 179 Å². The van der Waals surface area contributed by atoms with Gasteiger partial charge in [-0.1, -0.05) is 30.3 Å². The number of carboxylic acid groups (broad SMARTS) is 2. The molecule has 0 radical (unpaired) electrons. The number of nitrogens with one attached hydrogen (secondary N) is 1. The number of halogens is 3. The molecular weight excluding hydrogens is 427 g/mol. The lowest BCUT2D eigenvalue weighted by atomic mass is 9.98. The number of hydrogen-bond acceptors (Lipinski definition) is 3. The standard InChI is InChI=1S/C23H16F3NO5/c24-23(25,26)16-6-3-5-15(12-16)20(28)27-19-7-2-1-4-14(19)10-13-8-9-17(21(29)30)18(11-13)22(31)32/h1-9,11-12H,10H2,(H,27,28)(H,29,30)(H,31,32). The number of amides is 1. The fraction of sp³-hybridized carbons (Fsp3) is 0.0870. The van der Waals surface area contributed by atoms with Crippen molar-refractivity contribution in [2.24, 2.45) is 0 Å². The van der Waals surface area contributed by atoms with Gasteiger partial charge in [-0.2, -0.15) is 13.2 Å². The largest absolute Gasteiger partial charge is 0.478 e. The third-order valence-electron chi connectivity index (χ3n) is 4.66. The Morgan fingerprint density at radius 2 is 1.50 bits per heavy atom. The van der Waals surface area contributed by atoms with Crippen LogP contribution in [0.3, 0.4) is 0 Å². The number of hydrogen-bond donors (Lipinski definition) is 3. The van der Waals surface area contributed by atoms with Gasteiger partial charge in [0.1, 0.15) is 0 Å². The minimum absolute atomic E-state index is 0.152. The van der Waals surface area contributed by atoms with E-state index in [9.17, 15) is 32.7 Å². The molecule has 0 saturated heterocycles. The number of alkyl halides is 3. The lowest BCUT2D eigenvalue weighted by Crippen LogP contribution is -2.15. The first-order valence-corrected chi connectivity index (χ1v) is 9.22. The van der Waals surface area contributed by atoms with Crippen LogP contribution < -0.4 is 5.32 Å². The van der Waals surface area contributed by atoms with Gasteiger partial charge in [-0.25, -0.2) is 9.59 Å². The minimum Gasteiger partial charge on any atom is -0.478 e. The van der Waals surface area contributed by atoms with E-state index in [4.69, 9.17) is 5.11 Å². The van der Waals surface area contributed by atoms with Crippen LogP contribution in [-0.4, -0.2) is 28.1 Å². The molecule has 0 unspecified atom stereocenters. The first-order chi connectivity index (χ1) is 15.1. The molecule has 0 atom stereocenters. The van der Waals surface area contributed by atoms with E-state index in [1.54, 1.807) is 24.3 Å². The van der Waals surface area contributed by atoms with E-state index in [0.29, 0.717) is 16.8 Å². The van der Waals surface area contributed by atoms with Gasteiger partial charge in [0, 0.05) is 11.3 Å². The molecular formula is C23H16F3NO5. The predicted octanol–water partition coefficient (Wildman–Crippen LogP) is 4.94. The highest BCUT2D eigenvalue weighted by Gasteiger charge is 2.31. The summed E-state index contributed by atoms with van der Waals surface area (Å²) in [5.74, 6) is -3.51. The van der Waals surface area contributed by atoms with Crippen LogP contribution in [0, 0.1) is 0 Å². The van der Waals surface area contributed by atoms with E-state index in [0.717, 1.165) is 18.2 Å². The highest BCUT2D eigenvalue weighted by molar-refractivity contribution is 6.05. The van der Waals surface area contributed by atoms with E-state index in [1.165, 1.54) is 24.3 Å². The number of benzene rings is 3. The third kappa shape index (κ3) is 5.12. The molecule has 0 fully saturated rings. The molecule has 3 aromatic rings. The van der Waals surface area contributed by atoms with Gasteiger partial charge in [-0.3, -0.25) is 4.79 Å². The topological polar surface area (TPSA) is 104 Å². The highest BCUT2D eigenvalue weighted by Crippen LogP contribution is 2.30. The van der Waals surface area contributed by atoms with Gasteiger partial charge in [0.05, 0.1) is 16.7 Å². The SMILES string of the molecule is O=C(Nc1ccccc1Cc1ccc(C(=O)O)c(C(=O)O)c1)c1cccc(C(F)(F)F)c1. The molecule has 164 valence electrons. The van der Waals surface area contributed by atoms with E-state index in [2.05, 4.69) is 5.32 Å². The van der Waals surface area contributed by atoms with Crippen LogP contribution in [0.2, 0.25) is 0 Å². The van der Waals surface area contributed by atoms with Crippen molar-refractivity contribution in [1.82, 2.24) is 0 Å². The predicted molar refractivity (Wildman–Crippen MR) is 109 cm³/mol. The van der Waals surface area contributed by atoms with Gasteiger partial charge in [-0.15, -0.1) is 0 Å². The Kier molecular flexibility index (Phi) is 6.29. The Morgan fingerprint density at radius 3 is 2.16 bits per heavy atom. The van der Waals surface area contributed by atoms with Crippen LogP contribution in [0.25, 0.3) is 0 Å². The number of rotatable bonds is 6. The summed E-state index contributed by atoms with van der Waals surface area (Å²) in [5, 5.41) is 21.0. The van der Waals surface area contributed by atoms with E-state index in [-0.39, 0.29) is 23.1 Å². The second-order valence-electron chi connectivity index (χ2n) is 6.86. The van der Waals surface area contributed by atoms with Crippen LogP contribution in [0.4, 0.5) is 18.9 Å². The summed E-state index contributed by atoms with van der Waals surface area (Å²) in [5.41, 5.74) is -0.478. The first-order valence-electron chi connectivity index (χ1n) is 9.22. The molecule has 0 aliphatic rings. The summed E-state index contributed by atoms with van der Waals surface area (Å²) in [4.78, 5) is 35.1. The average Bonchev–Trinajstić information content (AvgIpc) is 2.74. The molecule has 3 rings (SSSR count). The fourth-order valence-electron chi connectivity index (χ4n) is 3.11. The van der Waals surface area contributed by atoms with E-state index >= 15 is 0 Å². The number of para-hydroxylation sites is 1. The van der Waals surface area contributed by atoms with Gasteiger partial charge in [0.25, 0.3) is 5.91 Å². The molecule has 0 heterocycles. The average molecular weight is 443 g/mol. The molecule has 0 aromatic heterocycles. The molecule has 3 N–H and O–H groups in total.